The third-order valence-electron chi connectivity index (χ3n) is 4.14. The Kier molecular flexibility index (Phi) is 5.61. The average molecular weight is 350 g/mol. The summed E-state index contributed by atoms with van der Waals surface area (Å²) in [5.41, 5.74) is 5.27. The summed E-state index contributed by atoms with van der Waals surface area (Å²) in [6.07, 6.45) is 2.02. The number of rotatable bonds is 6. The first-order valence-electron chi connectivity index (χ1n) is 8.51. The van der Waals surface area contributed by atoms with Gasteiger partial charge >= 0.3 is 0 Å². The molecule has 0 saturated heterocycles. The molecule has 0 atom stereocenters. The molecule has 2 aromatic carbocycles. The van der Waals surface area contributed by atoms with E-state index in [2.05, 4.69) is 35.4 Å². The molecule has 1 N–H and O–H groups in total. The van der Waals surface area contributed by atoms with Crippen LogP contribution in [0.3, 0.4) is 0 Å². The van der Waals surface area contributed by atoms with Crippen LogP contribution in [0.2, 0.25) is 0 Å². The maximum Gasteiger partial charge on any atom is 0.230 e. The first kappa shape index (κ1) is 17.4. The third-order valence-corrected chi connectivity index (χ3v) is 5.04. The topological polar surface area (TPSA) is 42.0 Å². The van der Waals surface area contributed by atoms with Crippen molar-refractivity contribution < 1.29 is 4.79 Å². The molecule has 0 spiro atoms. The molecule has 1 heterocycles. The Hall–Kier alpha value is -2.46. The molecule has 0 unspecified atom stereocenters. The SMILES string of the molecule is CCc1cccc(C)c1NC(=O)Cc1csc(Cc2ccccc2)n1. The van der Waals surface area contributed by atoms with Crippen molar-refractivity contribution in [1.29, 1.82) is 0 Å². The molecule has 0 aliphatic rings. The van der Waals surface area contributed by atoms with Crippen molar-refractivity contribution in [2.45, 2.75) is 33.1 Å². The number of thiazole rings is 1. The van der Waals surface area contributed by atoms with E-state index in [9.17, 15) is 4.79 Å². The maximum atomic E-state index is 12.4. The van der Waals surface area contributed by atoms with Crippen LogP contribution in [0, 0.1) is 6.92 Å². The lowest BCUT2D eigenvalue weighted by Gasteiger charge is -2.12. The van der Waals surface area contributed by atoms with Crippen molar-refractivity contribution >= 4 is 22.9 Å². The molecule has 0 bridgehead atoms. The quantitative estimate of drug-likeness (QED) is 0.695. The second kappa shape index (κ2) is 8.08. The number of anilines is 1. The van der Waals surface area contributed by atoms with Crippen LogP contribution in [0.4, 0.5) is 5.69 Å². The van der Waals surface area contributed by atoms with Gasteiger partial charge in [-0.15, -0.1) is 11.3 Å². The second-order valence-electron chi connectivity index (χ2n) is 6.08. The summed E-state index contributed by atoms with van der Waals surface area (Å²) in [5, 5.41) is 6.09. The van der Waals surface area contributed by atoms with Crippen LogP contribution >= 0.6 is 11.3 Å². The van der Waals surface area contributed by atoms with Crippen molar-refractivity contribution in [2.24, 2.45) is 0 Å². The summed E-state index contributed by atoms with van der Waals surface area (Å²) in [6.45, 7) is 4.12. The number of hydrogen-bond donors (Lipinski definition) is 1. The van der Waals surface area contributed by atoms with Crippen LogP contribution in [0.15, 0.2) is 53.9 Å². The second-order valence-corrected chi connectivity index (χ2v) is 7.03. The smallest absolute Gasteiger partial charge is 0.230 e. The summed E-state index contributed by atoms with van der Waals surface area (Å²) in [6, 6.07) is 16.4. The Morgan fingerprint density at radius 1 is 1.12 bits per heavy atom. The molecule has 3 rings (SSSR count). The largest absolute Gasteiger partial charge is 0.325 e. The van der Waals surface area contributed by atoms with Crippen molar-refractivity contribution in [3.05, 3.63) is 81.3 Å². The Bertz CT molecular complexity index is 855. The molecule has 3 aromatic rings. The molecule has 0 saturated carbocycles. The van der Waals surface area contributed by atoms with E-state index in [1.54, 1.807) is 11.3 Å². The van der Waals surface area contributed by atoms with E-state index in [4.69, 9.17) is 0 Å². The van der Waals surface area contributed by atoms with Crippen molar-refractivity contribution in [2.75, 3.05) is 5.32 Å². The standard InChI is InChI=1S/C21H22N2OS/c1-3-17-11-7-8-15(2)21(17)23-19(24)13-18-14-25-20(22-18)12-16-9-5-4-6-10-16/h4-11,14H,3,12-13H2,1-2H3,(H,23,24). The minimum Gasteiger partial charge on any atom is -0.325 e. The van der Waals surface area contributed by atoms with E-state index >= 15 is 0 Å². The van der Waals surface area contributed by atoms with Gasteiger partial charge in [0.1, 0.15) is 0 Å². The van der Waals surface area contributed by atoms with Crippen LogP contribution < -0.4 is 5.32 Å². The first-order valence-corrected chi connectivity index (χ1v) is 9.39. The number of carbonyl (C=O) groups excluding carboxylic acids is 1. The molecule has 0 fully saturated rings. The Morgan fingerprint density at radius 2 is 1.92 bits per heavy atom. The van der Waals surface area contributed by atoms with Gasteiger partial charge in [0.15, 0.2) is 0 Å². The molecule has 0 aliphatic heterocycles. The van der Waals surface area contributed by atoms with E-state index in [0.29, 0.717) is 6.42 Å². The van der Waals surface area contributed by atoms with Gasteiger partial charge in [-0.1, -0.05) is 55.5 Å². The Balaban J connectivity index is 1.64. The number of hydrogen-bond acceptors (Lipinski definition) is 3. The molecule has 4 heteroatoms. The van der Waals surface area contributed by atoms with Gasteiger partial charge in [-0.3, -0.25) is 4.79 Å². The van der Waals surface area contributed by atoms with Gasteiger partial charge in [-0.25, -0.2) is 4.98 Å². The average Bonchev–Trinajstić information content (AvgIpc) is 3.04. The zero-order valence-corrected chi connectivity index (χ0v) is 15.4. The van der Waals surface area contributed by atoms with Crippen LogP contribution in [-0.2, 0) is 24.1 Å². The maximum absolute atomic E-state index is 12.4. The summed E-state index contributed by atoms with van der Waals surface area (Å²) in [5.74, 6) is -0.0134. The predicted octanol–water partition coefficient (Wildman–Crippen LogP) is 4.79. The van der Waals surface area contributed by atoms with Crippen molar-refractivity contribution in [3.8, 4) is 0 Å². The number of aryl methyl sites for hydroxylation is 2. The van der Waals surface area contributed by atoms with Gasteiger partial charge in [0.05, 0.1) is 17.1 Å². The summed E-state index contributed by atoms with van der Waals surface area (Å²) >= 11 is 1.61. The molecule has 1 amide bonds. The molecule has 128 valence electrons. The number of nitrogens with one attached hydrogen (secondary N) is 1. The highest BCUT2D eigenvalue weighted by Gasteiger charge is 2.11. The lowest BCUT2D eigenvalue weighted by Crippen LogP contribution is -2.16. The minimum absolute atomic E-state index is 0.0134. The van der Waals surface area contributed by atoms with Gasteiger partial charge in [0, 0.05) is 17.5 Å². The molecule has 3 nitrogen and oxygen atoms in total. The summed E-state index contributed by atoms with van der Waals surface area (Å²) < 4.78 is 0. The van der Waals surface area contributed by atoms with Gasteiger partial charge in [-0.05, 0) is 30.0 Å². The van der Waals surface area contributed by atoms with Crippen LogP contribution in [-0.4, -0.2) is 10.9 Å². The van der Waals surface area contributed by atoms with E-state index in [1.807, 2.05) is 42.6 Å². The molecular formula is C21H22N2OS. The summed E-state index contributed by atoms with van der Waals surface area (Å²) in [7, 11) is 0. The number of carbonyl (C=O) groups is 1. The van der Waals surface area contributed by atoms with Gasteiger partial charge in [0.2, 0.25) is 5.91 Å². The zero-order valence-electron chi connectivity index (χ0n) is 14.6. The number of nitrogens with zero attached hydrogens (tertiary/aromatic N) is 1. The van der Waals surface area contributed by atoms with E-state index in [0.717, 1.165) is 40.4 Å². The third kappa shape index (κ3) is 4.54. The Morgan fingerprint density at radius 3 is 2.68 bits per heavy atom. The number of para-hydroxylation sites is 1. The van der Waals surface area contributed by atoms with Crippen molar-refractivity contribution in [1.82, 2.24) is 4.98 Å². The van der Waals surface area contributed by atoms with Gasteiger partial charge in [0.25, 0.3) is 0 Å². The van der Waals surface area contributed by atoms with E-state index < -0.39 is 0 Å². The minimum atomic E-state index is -0.0134. The van der Waals surface area contributed by atoms with Gasteiger partial charge in [-0.2, -0.15) is 0 Å². The van der Waals surface area contributed by atoms with Gasteiger partial charge < -0.3 is 5.32 Å². The zero-order chi connectivity index (χ0) is 17.6. The fraction of sp³-hybridized carbons (Fsp3) is 0.238. The van der Waals surface area contributed by atoms with Crippen molar-refractivity contribution in [3.63, 3.8) is 0 Å². The molecule has 1 aromatic heterocycles. The highest BCUT2D eigenvalue weighted by Crippen LogP contribution is 2.22. The van der Waals surface area contributed by atoms with E-state index in [-0.39, 0.29) is 5.91 Å². The van der Waals surface area contributed by atoms with Crippen LogP contribution in [0.1, 0.15) is 34.3 Å². The lowest BCUT2D eigenvalue weighted by atomic mass is 10.1. The fourth-order valence-electron chi connectivity index (χ4n) is 2.83. The molecular weight excluding hydrogens is 328 g/mol. The first-order chi connectivity index (χ1) is 12.2. The predicted molar refractivity (Wildman–Crippen MR) is 104 cm³/mol. The number of benzene rings is 2. The highest BCUT2D eigenvalue weighted by molar-refractivity contribution is 7.09. The highest BCUT2D eigenvalue weighted by atomic mass is 32.1. The van der Waals surface area contributed by atoms with Crippen LogP contribution in [0.25, 0.3) is 0 Å². The lowest BCUT2D eigenvalue weighted by molar-refractivity contribution is -0.115. The normalized spacial score (nSPS) is 10.6. The molecule has 0 aliphatic carbocycles. The fourth-order valence-corrected chi connectivity index (χ4v) is 3.66. The van der Waals surface area contributed by atoms with Crippen LogP contribution in [0.5, 0.6) is 0 Å². The number of aromatic nitrogens is 1. The monoisotopic (exact) mass is 350 g/mol. The molecule has 0 radical (unpaired) electrons. The molecule has 25 heavy (non-hydrogen) atoms. The number of amides is 1. The Labute approximate surface area is 152 Å². The van der Waals surface area contributed by atoms with E-state index in [1.165, 1.54) is 5.56 Å². The summed E-state index contributed by atoms with van der Waals surface area (Å²) in [4.78, 5) is 17.0.